The first-order valence-corrected chi connectivity index (χ1v) is 7.80. The van der Waals surface area contributed by atoms with Gasteiger partial charge in [0.25, 0.3) is 0 Å². The first kappa shape index (κ1) is 15.4. The zero-order valence-corrected chi connectivity index (χ0v) is 13.2. The van der Waals surface area contributed by atoms with Gasteiger partial charge in [0.05, 0.1) is 6.20 Å². The number of nitrogens with zero attached hydrogens (tertiary/aromatic N) is 3. The summed E-state index contributed by atoms with van der Waals surface area (Å²) in [6, 6.07) is 1.91. The summed E-state index contributed by atoms with van der Waals surface area (Å²) >= 11 is 0. The Morgan fingerprint density at radius 1 is 1.52 bits per heavy atom. The van der Waals surface area contributed by atoms with Gasteiger partial charge in [-0.3, -0.25) is 14.9 Å². The van der Waals surface area contributed by atoms with E-state index in [0.29, 0.717) is 5.92 Å². The third-order valence-corrected chi connectivity index (χ3v) is 4.13. The molecule has 1 aliphatic heterocycles. The summed E-state index contributed by atoms with van der Waals surface area (Å²) in [5.41, 5.74) is 2.86. The van der Waals surface area contributed by atoms with E-state index in [1.165, 1.54) is 0 Å². The maximum atomic E-state index is 12.0. The molecule has 0 aromatic carbocycles. The number of aromatic amines is 1. The number of H-pyrrole nitrogens is 1. The molecule has 0 radical (unpaired) electrons. The average Bonchev–Trinajstić information content (AvgIpc) is 3.23. The number of rotatable bonds is 5. The Balaban J connectivity index is 1.60. The zero-order chi connectivity index (χ0) is 16.1. The van der Waals surface area contributed by atoms with Gasteiger partial charge in [0.1, 0.15) is 0 Å². The molecule has 1 fully saturated rings. The summed E-state index contributed by atoms with van der Waals surface area (Å²) in [4.78, 5) is 18.4. The highest BCUT2D eigenvalue weighted by Crippen LogP contribution is 2.22. The van der Waals surface area contributed by atoms with Crippen molar-refractivity contribution >= 4 is 12.0 Å². The van der Waals surface area contributed by atoms with Crippen molar-refractivity contribution in [2.75, 3.05) is 26.7 Å². The minimum atomic E-state index is -0.0680. The molecule has 2 N–H and O–H groups in total. The molecule has 120 valence electrons. The van der Waals surface area contributed by atoms with Gasteiger partial charge in [-0.05, 0) is 43.6 Å². The lowest BCUT2D eigenvalue weighted by atomic mass is 10.0. The quantitative estimate of drug-likeness (QED) is 0.822. The Labute approximate surface area is 135 Å². The number of carbonyl (C=O) groups excluding carboxylic acids is 1. The van der Waals surface area contributed by atoms with Crippen LogP contribution < -0.4 is 5.32 Å². The molecule has 2 aromatic rings. The van der Waals surface area contributed by atoms with Crippen LogP contribution in [-0.2, 0) is 4.79 Å². The van der Waals surface area contributed by atoms with Crippen molar-refractivity contribution in [2.45, 2.75) is 6.42 Å². The second-order valence-electron chi connectivity index (χ2n) is 5.95. The zero-order valence-electron chi connectivity index (χ0n) is 13.2. The van der Waals surface area contributed by atoms with Gasteiger partial charge in [0.15, 0.2) is 0 Å². The van der Waals surface area contributed by atoms with Crippen molar-refractivity contribution in [3.63, 3.8) is 0 Å². The number of amides is 1. The highest BCUT2D eigenvalue weighted by molar-refractivity contribution is 5.92. The van der Waals surface area contributed by atoms with Crippen LogP contribution in [0.5, 0.6) is 0 Å². The largest absolute Gasteiger partial charge is 0.352 e. The maximum absolute atomic E-state index is 12.0. The van der Waals surface area contributed by atoms with Gasteiger partial charge in [-0.25, -0.2) is 0 Å². The summed E-state index contributed by atoms with van der Waals surface area (Å²) in [6.07, 6.45) is 11.6. The first-order chi connectivity index (χ1) is 11.2. The molecule has 6 heteroatoms. The number of hydrogen-bond acceptors (Lipinski definition) is 4. The smallest absolute Gasteiger partial charge is 0.244 e. The van der Waals surface area contributed by atoms with Crippen molar-refractivity contribution in [3.05, 3.63) is 42.5 Å². The molecular weight excluding hydrogens is 290 g/mol. The Bertz CT molecular complexity index is 680. The molecule has 2 aromatic heterocycles. The number of nitrogens with one attached hydrogen (secondary N) is 2. The van der Waals surface area contributed by atoms with Crippen molar-refractivity contribution < 1.29 is 4.79 Å². The van der Waals surface area contributed by atoms with Crippen LogP contribution in [0.2, 0.25) is 0 Å². The second-order valence-corrected chi connectivity index (χ2v) is 5.95. The van der Waals surface area contributed by atoms with E-state index in [1.54, 1.807) is 30.7 Å². The van der Waals surface area contributed by atoms with E-state index in [4.69, 9.17) is 0 Å². The van der Waals surface area contributed by atoms with Crippen LogP contribution in [-0.4, -0.2) is 52.7 Å². The summed E-state index contributed by atoms with van der Waals surface area (Å²) in [5.74, 6) is 0.485. The third kappa shape index (κ3) is 4.04. The molecule has 1 atom stereocenters. The van der Waals surface area contributed by atoms with E-state index in [0.717, 1.165) is 42.7 Å². The fourth-order valence-corrected chi connectivity index (χ4v) is 2.86. The van der Waals surface area contributed by atoms with E-state index in [1.807, 2.05) is 12.3 Å². The Morgan fingerprint density at radius 2 is 2.43 bits per heavy atom. The Hall–Kier alpha value is -2.47. The molecule has 23 heavy (non-hydrogen) atoms. The topological polar surface area (TPSA) is 73.9 Å². The lowest BCUT2D eigenvalue weighted by Crippen LogP contribution is -2.29. The number of carbonyl (C=O) groups is 1. The van der Waals surface area contributed by atoms with Crippen LogP contribution in [0.1, 0.15) is 12.0 Å². The van der Waals surface area contributed by atoms with E-state index in [2.05, 4.69) is 32.4 Å². The lowest BCUT2D eigenvalue weighted by Gasteiger charge is -2.10. The van der Waals surface area contributed by atoms with E-state index >= 15 is 0 Å². The minimum absolute atomic E-state index is 0.0680. The summed E-state index contributed by atoms with van der Waals surface area (Å²) in [6.45, 7) is 2.90. The van der Waals surface area contributed by atoms with E-state index in [9.17, 15) is 4.79 Å². The highest BCUT2D eigenvalue weighted by Gasteiger charge is 2.19. The first-order valence-electron chi connectivity index (χ1n) is 7.80. The Kier molecular flexibility index (Phi) is 4.83. The van der Waals surface area contributed by atoms with Gasteiger partial charge in [0.2, 0.25) is 5.91 Å². The number of hydrogen-bond donors (Lipinski definition) is 2. The monoisotopic (exact) mass is 311 g/mol. The number of likely N-dealkylation sites (tertiary alicyclic amines) is 1. The van der Waals surface area contributed by atoms with E-state index < -0.39 is 0 Å². The summed E-state index contributed by atoms with van der Waals surface area (Å²) < 4.78 is 0. The van der Waals surface area contributed by atoms with E-state index in [-0.39, 0.29) is 5.91 Å². The summed E-state index contributed by atoms with van der Waals surface area (Å²) in [7, 11) is 2.11. The SMILES string of the molecule is CN1CCC(CNC(=O)/C=C/c2cnccc2-c2cn[nH]c2)C1. The molecule has 0 spiro atoms. The molecule has 1 unspecified atom stereocenters. The standard InChI is InChI=1S/C17H21N5O/c1-22-7-5-13(12-22)8-19-17(23)3-2-14-9-18-6-4-16(14)15-10-20-21-11-15/h2-4,6,9-11,13H,5,7-8,12H2,1H3,(H,19,23)(H,20,21)/b3-2+. The number of pyridine rings is 1. The molecule has 1 aliphatic rings. The van der Waals surface area contributed by atoms with Gasteiger partial charge in [-0.1, -0.05) is 0 Å². The minimum Gasteiger partial charge on any atom is -0.352 e. The Morgan fingerprint density at radius 3 is 3.17 bits per heavy atom. The highest BCUT2D eigenvalue weighted by atomic mass is 16.1. The predicted molar refractivity (Wildman–Crippen MR) is 89.5 cm³/mol. The fraction of sp³-hybridized carbons (Fsp3) is 0.353. The van der Waals surface area contributed by atoms with Crippen molar-refractivity contribution in [2.24, 2.45) is 5.92 Å². The van der Waals surface area contributed by atoms with Crippen molar-refractivity contribution in [1.29, 1.82) is 0 Å². The average molecular weight is 311 g/mol. The fourth-order valence-electron chi connectivity index (χ4n) is 2.86. The van der Waals surface area contributed by atoms with Crippen LogP contribution in [0.25, 0.3) is 17.2 Å². The molecule has 0 bridgehead atoms. The lowest BCUT2D eigenvalue weighted by molar-refractivity contribution is -0.116. The third-order valence-electron chi connectivity index (χ3n) is 4.13. The molecule has 1 amide bonds. The van der Waals surface area contributed by atoms with Gasteiger partial charge < -0.3 is 10.2 Å². The maximum Gasteiger partial charge on any atom is 0.244 e. The van der Waals surface area contributed by atoms with Crippen molar-refractivity contribution in [1.82, 2.24) is 25.4 Å². The summed E-state index contributed by atoms with van der Waals surface area (Å²) in [5, 5.41) is 9.74. The van der Waals surface area contributed by atoms with Gasteiger partial charge >= 0.3 is 0 Å². The molecule has 1 saturated heterocycles. The predicted octanol–water partition coefficient (Wildman–Crippen LogP) is 1.55. The van der Waals surface area contributed by atoms with Crippen molar-refractivity contribution in [3.8, 4) is 11.1 Å². The van der Waals surface area contributed by atoms with Crippen LogP contribution >= 0.6 is 0 Å². The molecule has 0 saturated carbocycles. The van der Waals surface area contributed by atoms with Gasteiger partial charge in [0, 0.05) is 48.9 Å². The molecule has 3 rings (SSSR count). The van der Waals surface area contributed by atoms with Crippen LogP contribution in [0, 0.1) is 5.92 Å². The normalized spacial score (nSPS) is 18.6. The van der Waals surface area contributed by atoms with Crippen LogP contribution in [0.15, 0.2) is 36.9 Å². The molecule has 6 nitrogen and oxygen atoms in total. The second kappa shape index (κ2) is 7.19. The molecule has 3 heterocycles. The molecular formula is C17H21N5O. The van der Waals surface area contributed by atoms with Crippen LogP contribution in [0.4, 0.5) is 0 Å². The van der Waals surface area contributed by atoms with Gasteiger partial charge in [-0.15, -0.1) is 0 Å². The van der Waals surface area contributed by atoms with Gasteiger partial charge in [-0.2, -0.15) is 5.10 Å². The molecule has 0 aliphatic carbocycles. The number of aromatic nitrogens is 3. The van der Waals surface area contributed by atoms with Crippen LogP contribution in [0.3, 0.4) is 0 Å².